The Morgan fingerprint density at radius 3 is 2.62 bits per heavy atom. The normalized spacial score (nSPS) is 21.9. The molecule has 0 spiro atoms. The summed E-state index contributed by atoms with van der Waals surface area (Å²) in [5.74, 6) is 0.645. The molecule has 70 valence electrons. The first kappa shape index (κ1) is 9.97. The number of allylic oxidation sites excluding steroid dienone is 5. The van der Waals surface area contributed by atoms with Crippen LogP contribution in [-0.2, 0) is 4.79 Å². The van der Waals surface area contributed by atoms with Crippen molar-refractivity contribution >= 4 is 5.78 Å². The second-order valence-electron chi connectivity index (χ2n) is 3.73. The van der Waals surface area contributed by atoms with E-state index in [0.29, 0.717) is 5.92 Å². The lowest BCUT2D eigenvalue weighted by molar-refractivity contribution is -0.113. The molecule has 13 heavy (non-hydrogen) atoms. The summed E-state index contributed by atoms with van der Waals surface area (Å²) in [5.41, 5.74) is 3.11. The molecular weight excluding hydrogens is 160 g/mol. The third kappa shape index (κ3) is 2.18. The van der Waals surface area contributed by atoms with Gasteiger partial charge in [-0.05, 0) is 37.8 Å². The summed E-state index contributed by atoms with van der Waals surface area (Å²) < 4.78 is 0. The van der Waals surface area contributed by atoms with Gasteiger partial charge >= 0.3 is 0 Å². The van der Waals surface area contributed by atoms with Gasteiger partial charge in [-0.25, -0.2) is 0 Å². The third-order valence-corrected chi connectivity index (χ3v) is 2.43. The van der Waals surface area contributed by atoms with Crippen molar-refractivity contribution in [3.05, 3.63) is 35.5 Å². The lowest BCUT2D eigenvalue weighted by atomic mass is 9.85. The first-order chi connectivity index (χ1) is 6.02. The highest BCUT2D eigenvalue weighted by Crippen LogP contribution is 2.28. The molecule has 0 saturated heterocycles. The quantitative estimate of drug-likeness (QED) is 0.632. The predicted octanol–water partition coefficient (Wildman–Crippen LogP) is 3.04. The molecule has 0 aliphatic heterocycles. The molecule has 1 rings (SSSR count). The number of carbonyl (C=O) groups is 1. The van der Waals surface area contributed by atoms with E-state index in [2.05, 4.69) is 13.5 Å². The fourth-order valence-corrected chi connectivity index (χ4v) is 1.59. The van der Waals surface area contributed by atoms with Crippen LogP contribution in [0.3, 0.4) is 0 Å². The minimum Gasteiger partial charge on any atom is -0.295 e. The van der Waals surface area contributed by atoms with Crippen molar-refractivity contribution in [2.45, 2.75) is 27.2 Å². The van der Waals surface area contributed by atoms with E-state index >= 15 is 0 Å². The summed E-state index contributed by atoms with van der Waals surface area (Å²) in [4.78, 5) is 11.1. The Labute approximate surface area is 79.8 Å². The maximum atomic E-state index is 11.1. The van der Waals surface area contributed by atoms with Crippen LogP contribution < -0.4 is 0 Å². The Morgan fingerprint density at radius 1 is 1.54 bits per heavy atom. The smallest absolute Gasteiger partial charge is 0.159 e. The van der Waals surface area contributed by atoms with Gasteiger partial charge in [-0.3, -0.25) is 4.79 Å². The summed E-state index contributed by atoms with van der Waals surface area (Å²) in [7, 11) is 0. The molecule has 1 nitrogen and oxygen atoms in total. The average Bonchev–Trinajstić information content (AvgIpc) is 2.04. The van der Waals surface area contributed by atoms with Crippen LogP contribution in [0.5, 0.6) is 0 Å². The van der Waals surface area contributed by atoms with Crippen molar-refractivity contribution in [3.63, 3.8) is 0 Å². The van der Waals surface area contributed by atoms with Gasteiger partial charge in [-0.15, -0.1) is 0 Å². The van der Waals surface area contributed by atoms with Crippen molar-refractivity contribution < 1.29 is 4.79 Å². The van der Waals surface area contributed by atoms with Crippen LogP contribution in [-0.4, -0.2) is 5.78 Å². The van der Waals surface area contributed by atoms with Gasteiger partial charge in [0.25, 0.3) is 0 Å². The Balaban J connectivity index is 2.98. The van der Waals surface area contributed by atoms with Crippen molar-refractivity contribution in [2.75, 3.05) is 0 Å². The monoisotopic (exact) mass is 176 g/mol. The predicted molar refractivity (Wildman–Crippen MR) is 55.4 cm³/mol. The zero-order chi connectivity index (χ0) is 10.0. The number of Topliss-reactive ketones (excluding diaryl/α,β-unsaturated/α-hetero) is 1. The standard InChI is InChI=1S/C12H16O/c1-8(2)12-7-11(10(4)13)6-5-9(12)3/h6-7,9H,1,5H2,2-4H3. The molecule has 1 aliphatic carbocycles. The Kier molecular flexibility index (Phi) is 2.86. The highest BCUT2D eigenvalue weighted by molar-refractivity contribution is 5.96. The number of hydrogen-bond acceptors (Lipinski definition) is 1. The average molecular weight is 176 g/mol. The van der Waals surface area contributed by atoms with Gasteiger partial charge < -0.3 is 0 Å². The minimum absolute atomic E-state index is 0.144. The molecule has 0 heterocycles. The molecule has 1 aliphatic rings. The second-order valence-corrected chi connectivity index (χ2v) is 3.73. The van der Waals surface area contributed by atoms with Gasteiger partial charge in [0.15, 0.2) is 5.78 Å². The van der Waals surface area contributed by atoms with Crippen molar-refractivity contribution in [1.82, 2.24) is 0 Å². The molecule has 0 bridgehead atoms. The fourth-order valence-electron chi connectivity index (χ4n) is 1.59. The SMILES string of the molecule is C=C(C)C1=CC(C(C)=O)=CCC1C. The number of ketones is 1. The molecule has 0 radical (unpaired) electrons. The van der Waals surface area contributed by atoms with Gasteiger partial charge in [0.1, 0.15) is 0 Å². The van der Waals surface area contributed by atoms with E-state index in [0.717, 1.165) is 17.6 Å². The summed E-state index contributed by atoms with van der Waals surface area (Å²) in [6, 6.07) is 0. The van der Waals surface area contributed by atoms with Gasteiger partial charge in [0.2, 0.25) is 0 Å². The molecule has 0 aromatic heterocycles. The van der Waals surface area contributed by atoms with E-state index in [9.17, 15) is 4.79 Å². The molecule has 0 aromatic carbocycles. The number of hydrogen-bond donors (Lipinski definition) is 0. The first-order valence-electron chi connectivity index (χ1n) is 4.61. The molecule has 0 aromatic rings. The van der Waals surface area contributed by atoms with Crippen LogP contribution >= 0.6 is 0 Å². The molecule has 0 saturated carbocycles. The first-order valence-corrected chi connectivity index (χ1v) is 4.61. The lowest BCUT2D eigenvalue weighted by Gasteiger charge is -2.19. The highest BCUT2D eigenvalue weighted by atomic mass is 16.1. The molecule has 1 atom stereocenters. The summed E-state index contributed by atoms with van der Waals surface area (Å²) in [5, 5.41) is 0. The summed E-state index contributed by atoms with van der Waals surface area (Å²) in [6.07, 6.45) is 4.94. The van der Waals surface area contributed by atoms with E-state index in [1.54, 1.807) is 6.92 Å². The van der Waals surface area contributed by atoms with E-state index in [1.807, 2.05) is 19.1 Å². The Hall–Kier alpha value is -1.11. The zero-order valence-electron chi connectivity index (χ0n) is 8.55. The Morgan fingerprint density at radius 2 is 2.15 bits per heavy atom. The maximum Gasteiger partial charge on any atom is 0.159 e. The maximum absolute atomic E-state index is 11.1. The molecular formula is C12H16O. The lowest BCUT2D eigenvalue weighted by Crippen LogP contribution is -2.08. The van der Waals surface area contributed by atoms with E-state index in [1.165, 1.54) is 5.57 Å². The Bertz CT molecular complexity index is 305. The number of rotatable bonds is 2. The molecule has 0 N–H and O–H groups in total. The van der Waals surface area contributed by atoms with Crippen molar-refractivity contribution in [1.29, 1.82) is 0 Å². The van der Waals surface area contributed by atoms with Crippen LogP contribution in [0.1, 0.15) is 27.2 Å². The largest absolute Gasteiger partial charge is 0.295 e. The summed E-state index contributed by atoms with van der Waals surface area (Å²) in [6.45, 7) is 9.67. The van der Waals surface area contributed by atoms with E-state index in [-0.39, 0.29) is 5.78 Å². The zero-order valence-corrected chi connectivity index (χ0v) is 8.55. The fraction of sp³-hybridized carbons (Fsp3) is 0.417. The van der Waals surface area contributed by atoms with Gasteiger partial charge in [-0.2, -0.15) is 0 Å². The van der Waals surface area contributed by atoms with E-state index < -0.39 is 0 Å². The second kappa shape index (κ2) is 3.73. The van der Waals surface area contributed by atoms with Crippen LogP contribution in [0.2, 0.25) is 0 Å². The van der Waals surface area contributed by atoms with Gasteiger partial charge in [0.05, 0.1) is 0 Å². The van der Waals surface area contributed by atoms with Crippen LogP contribution in [0.25, 0.3) is 0 Å². The molecule has 1 unspecified atom stereocenters. The van der Waals surface area contributed by atoms with Crippen LogP contribution in [0.4, 0.5) is 0 Å². The number of carbonyl (C=O) groups excluding carboxylic acids is 1. The topological polar surface area (TPSA) is 17.1 Å². The van der Waals surface area contributed by atoms with Crippen LogP contribution in [0.15, 0.2) is 35.5 Å². The molecule has 0 amide bonds. The van der Waals surface area contributed by atoms with Gasteiger partial charge in [0, 0.05) is 5.57 Å². The molecule has 0 fully saturated rings. The van der Waals surface area contributed by atoms with E-state index in [4.69, 9.17) is 0 Å². The van der Waals surface area contributed by atoms with Gasteiger partial charge in [-0.1, -0.05) is 25.2 Å². The minimum atomic E-state index is 0.144. The van der Waals surface area contributed by atoms with Crippen molar-refractivity contribution in [2.24, 2.45) is 5.92 Å². The molecule has 1 heteroatoms. The van der Waals surface area contributed by atoms with Crippen molar-refractivity contribution in [3.8, 4) is 0 Å². The summed E-state index contributed by atoms with van der Waals surface area (Å²) >= 11 is 0. The third-order valence-electron chi connectivity index (χ3n) is 2.43. The van der Waals surface area contributed by atoms with Crippen LogP contribution in [0, 0.1) is 5.92 Å². The highest BCUT2D eigenvalue weighted by Gasteiger charge is 2.15.